The number of nitrogens with zero attached hydrogens (tertiary/aromatic N) is 4. The fraction of sp³-hybridized carbons (Fsp3) is 0.579. The van der Waals surface area contributed by atoms with Crippen molar-refractivity contribution < 1.29 is 0 Å². The van der Waals surface area contributed by atoms with Crippen LogP contribution >= 0.6 is 24.0 Å². The minimum Gasteiger partial charge on any atom is -0.312 e. The highest BCUT2D eigenvalue weighted by Gasteiger charge is 2.27. The van der Waals surface area contributed by atoms with Crippen LogP contribution in [0.25, 0.3) is 0 Å². The van der Waals surface area contributed by atoms with Crippen molar-refractivity contribution in [3.8, 4) is 0 Å². The Morgan fingerprint density at radius 1 is 1.12 bits per heavy atom. The zero-order chi connectivity index (χ0) is 17.4. The van der Waals surface area contributed by atoms with Gasteiger partial charge in [-0.15, -0.1) is 22.6 Å². The molecule has 7 heteroatoms. The SMILES string of the molecule is Cc1cc(Cl)cc(C)c1CN1CCC(c2nnc3n2CCNC3)CC1.Cl. The van der Waals surface area contributed by atoms with Crippen LogP contribution in [0, 0.1) is 13.8 Å². The Bertz CT molecular complexity index is 742. The van der Waals surface area contributed by atoms with Crippen LogP contribution in [0.4, 0.5) is 0 Å². The van der Waals surface area contributed by atoms with Gasteiger partial charge < -0.3 is 9.88 Å². The molecule has 0 spiro atoms. The van der Waals surface area contributed by atoms with Crippen LogP contribution in [0.1, 0.15) is 47.1 Å². The lowest BCUT2D eigenvalue weighted by atomic mass is 9.94. The van der Waals surface area contributed by atoms with E-state index in [9.17, 15) is 0 Å². The molecule has 2 aliphatic rings. The number of aromatic nitrogens is 3. The molecule has 0 aliphatic carbocycles. The third-order valence-electron chi connectivity index (χ3n) is 5.65. The second kappa shape index (κ2) is 8.26. The molecule has 0 saturated carbocycles. The highest BCUT2D eigenvalue weighted by Crippen LogP contribution is 2.29. The Balaban J connectivity index is 0.00000196. The topological polar surface area (TPSA) is 46.0 Å². The van der Waals surface area contributed by atoms with Gasteiger partial charge in [0.2, 0.25) is 0 Å². The van der Waals surface area contributed by atoms with Gasteiger partial charge in [-0.1, -0.05) is 11.6 Å². The maximum atomic E-state index is 6.17. The number of fused-ring (bicyclic) bond motifs is 1. The van der Waals surface area contributed by atoms with Crippen molar-refractivity contribution in [1.29, 1.82) is 0 Å². The molecule has 142 valence electrons. The van der Waals surface area contributed by atoms with E-state index in [-0.39, 0.29) is 12.4 Å². The summed E-state index contributed by atoms with van der Waals surface area (Å²) in [6.07, 6.45) is 2.33. The number of benzene rings is 1. The molecule has 2 aliphatic heterocycles. The highest BCUT2D eigenvalue weighted by molar-refractivity contribution is 6.30. The zero-order valence-electron chi connectivity index (χ0n) is 15.5. The average molecular weight is 396 g/mol. The molecule has 1 saturated heterocycles. The first-order chi connectivity index (χ1) is 12.1. The molecule has 0 unspecified atom stereocenters. The zero-order valence-corrected chi connectivity index (χ0v) is 17.0. The molecule has 0 amide bonds. The van der Waals surface area contributed by atoms with E-state index in [1.165, 1.54) is 22.5 Å². The predicted octanol–water partition coefficient (Wildman–Crippen LogP) is 3.45. The Morgan fingerprint density at radius 2 is 1.81 bits per heavy atom. The number of nitrogens with one attached hydrogen (secondary N) is 1. The number of halogens is 2. The van der Waals surface area contributed by atoms with E-state index in [0.717, 1.165) is 63.0 Å². The van der Waals surface area contributed by atoms with Gasteiger partial charge in [0.25, 0.3) is 0 Å². The minimum atomic E-state index is 0. The maximum Gasteiger partial charge on any atom is 0.147 e. The number of hydrogen-bond acceptors (Lipinski definition) is 4. The highest BCUT2D eigenvalue weighted by atomic mass is 35.5. The second-order valence-electron chi connectivity index (χ2n) is 7.37. The quantitative estimate of drug-likeness (QED) is 0.863. The summed E-state index contributed by atoms with van der Waals surface area (Å²) < 4.78 is 2.34. The van der Waals surface area contributed by atoms with Crippen LogP contribution in [0.2, 0.25) is 5.02 Å². The number of rotatable bonds is 3. The van der Waals surface area contributed by atoms with E-state index in [1.54, 1.807) is 0 Å². The van der Waals surface area contributed by atoms with Crippen LogP contribution in [0.5, 0.6) is 0 Å². The molecule has 1 fully saturated rings. The summed E-state index contributed by atoms with van der Waals surface area (Å²) in [5.41, 5.74) is 4.02. The lowest BCUT2D eigenvalue weighted by molar-refractivity contribution is 0.199. The molecule has 5 nitrogen and oxygen atoms in total. The lowest BCUT2D eigenvalue weighted by Crippen LogP contribution is -2.35. The summed E-state index contributed by atoms with van der Waals surface area (Å²) in [6, 6.07) is 4.15. The predicted molar refractivity (Wildman–Crippen MR) is 107 cm³/mol. The number of hydrogen-bond donors (Lipinski definition) is 1. The summed E-state index contributed by atoms with van der Waals surface area (Å²) >= 11 is 6.17. The van der Waals surface area contributed by atoms with Gasteiger partial charge in [-0.05, 0) is 68.6 Å². The Morgan fingerprint density at radius 3 is 2.50 bits per heavy atom. The van der Waals surface area contributed by atoms with E-state index >= 15 is 0 Å². The van der Waals surface area contributed by atoms with Gasteiger partial charge in [0, 0.05) is 30.6 Å². The maximum absolute atomic E-state index is 6.17. The van der Waals surface area contributed by atoms with Crippen LogP contribution in [0.3, 0.4) is 0 Å². The number of aryl methyl sites for hydroxylation is 2. The molecule has 1 N–H and O–H groups in total. The van der Waals surface area contributed by atoms with E-state index in [1.807, 2.05) is 0 Å². The largest absolute Gasteiger partial charge is 0.312 e. The van der Waals surface area contributed by atoms with Gasteiger partial charge in [0.05, 0.1) is 6.54 Å². The average Bonchev–Trinajstić information content (AvgIpc) is 3.03. The van der Waals surface area contributed by atoms with Crippen LogP contribution in [0.15, 0.2) is 12.1 Å². The van der Waals surface area contributed by atoms with E-state index in [2.05, 4.69) is 51.0 Å². The van der Waals surface area contributed by atoms with Crippen molar-refractivity contribution in [3.63, 3.8) is 0 Å². The molecule has 1 aromatic carbocycles. The summed E-state index contributed by atoms with van der Waals surface area (Å²) in [5.74, 6) is 2.84. The summed E-state index contributed by atoms with van der Waals surface area (Å²) in [5, 5.41) is 13.1. The van der Waals surface area contributed by atoms with Crippen molar-refractivity contribution >= 4 is 24.0 Å². The van der Waals surface area contributed by atoms with Crippen molar-refractivity contribution in [2.45, 2.75) is 52.2 Å². The first kappa shape index (κ1) is 19.6. The standard InChI is InChI=1S/C19H26ClN5.ClH/c1-13-9-16(20)10-14(2)17(13)12-24-6-3-15(4-7-24)19-23-22-18-11-21-5-8-25(18)19;/h9-10,15,21H,3-8,11-12H2,1-2H3;1H. The Kier molecular flexibility index (Phi) is 6.23. The molecule has 0 atom stereocenters. The van der Waals surface area contributed by atoms with Crippen LogP contribution in [-0.4, -0.2) is 39.3 Å². The van der Waals surface area contributed by atoms with Gasteiger partial charge in [0.15, 0.2) is 0 Å². The fourth-order valence-corrected chi connectivity index (χ4v) is 4.51. The molecule has 1 aromatic heterocycles. The Hall–Kier alpha value is -1.14. The molecule has 3 heterocycles. The van der Waals surface area contributed by atoms with Crippen LogP contribution < -0.4 is 5.32 Å². The normalized spacial score (nSPS) is 18.4. The van der Waals surface area contributed by atoms with Crippen molar-refractivity contribution in [1.82, 2.24) is 25.0 Å². The fourth-order valence-electron chi connectivity index (χ4n) is 4.18. The van der Waals surface area contributed by atoms with Crippen LogP contribution in [-0.2, 0) is 19.6 Å². The van der Waals surface area contributed by atoms with Crippen molar-refractivity contribution in [3.05, 3.63) is 45.5 Å². The molecule has 4 rings (SSSR count). The number of piperidine rings is 1. The summed E-state index contributed by atoms with van der Waals surface area (Å²) in [7, 11) is 0. The van der Waals surface area contributed by atoms with Gasteiger partial charge in [0.1, 0.15) is 11.6 Å². The minimum absolute atomic E-state index is 0. The van der Waals surface area contributed by atoms with E-state index < -0.39 is 0 Å². The Labute approximate surface area is 166 Å². The summed E-state index contributed by atoms with van der Waals surface area (Å²) in [4.78, 5) is 2.56. The molecular weight excluding hydrogens is 369 g/mol. The van der Waals surface area contributed by atoms with Gasteiger partial charge in [-0.25, -0.2) is 0 Å². The molecule has 26 heavy (non-hydrogen) atoms. The molecule has 2 aromatic rings. The van der Waals surface area contributed by atoms with E-state index in [0.29, 0.717) is 5.92 Å². The summed E-state index contributed by atoms with van der Waals surface area (Å²) in [6.45, 7) is 10.5. The first-order valence-corrected chi connectivity index (χ1v) is 9.60. The first-order valence-electron chi connectivity index (χ1n) is 9.22. The third-order valence-corrected chi connectivity index (χ3v) is 5.86. The molecule has 0 bridgehead atoms. The third kappa shape index (κ3) is 3.91. The van der Waals surface area contributed by atoms with E-state index in [4.69, 9.17) is 11.6 Å². The second-order valence-corrected chi connectivity index (χ2v) is 7.81. The number of likely N-dealkylation sites (tertiary alicyclic amines) is 1. The van der Waals surface area contributed by atoms with Crippen molar-refractivity contribution in [2.75, 3.05) is 19.6 Å². The van der Waals surface area contributed by atoms with Gasteiger partial charge in [-0.3, -0.25) is 4.90 Å². The monoisotopic (exact) mass is 395 g/mol. The van der Waals surface area contributed by atoms with Crippen molar-refractivity contribution in [2.24, 2.45) is 0 Å². The molecule has 0 radical (unpaired) electrons. The van der Waals surface area contributed by atoms with Gasteiger partial charge >= 0.3 is 0 Å². The van der Waals surface area contributed by atoms with Gasteiger partial charge in [-0.2, -0.15) is 0 Å². The molecular formula is C19H27Cl2N5. The smallest absolute Gasteiger partial charge is 0.147 e. The lowest BCUT2D eigenvalue weighted by Gasteiger charge is -2.32.